The van der Waals surface area contributed by atoms with Crippen molar-refractivity contribution in [2.75, 3.05) is 11.4 Å². The molecule has 2 N–H and O–H groups in total. The molecular weight excluding hydrogens is 328 g/mol. The van der Waals surface area contributed by atoms with E-state index in [1.54, 1.807) is 4.90 Å². The lowest BCUT2D eigenvalue weighted by atomic mass is 9.93. The highest BCUT2D eigenvalue weighted by atomic mass is 79.9. The second-order valence-corrected chi connectivity index (χ2v) is 5.85. The number of halogens is 1. The summed E-state index contributed by atoms with van der Waals surface area (Å²) in [5.41, 5.74) is 5.27. The fourth-order valence-electron chi connectivity index (χ4n) is 2.41. The average Bonchev–Trinajstić information content (AvgIpc) is 2.39. The molecule has 1 aliphatic heterocycles. The lowest BCUT2D eigenvalue weighted by molar-refractivity contribution is -0.384. The topological polar surface area (TPSA) is 102 Å². The Morgan fingerprint density at radius 2 is 2.30 bits per heavy atom. The van der Waals surface area contributed by atoms with Crippen LogP contribution in [0.2, 0.25) is 0 Å². The van der Waals surface area contributed by atoms with E-state index in [0.29, 0.717) is 17.4 Å². The van der Waals surface area contributed by atoms with Crippen molar-refractivity contribution in [2.24, 2.45) is 11.7 Å². The van der Waals surface area contributed by atoms with Gasteiger partial charge >= 0.3 is 5.69 Å². The maximum Gasteiger partial charge on any atom is 0.312 e. The predicted octanol–water partition coefficient (Wildman–Crippen LogP) is 1.84. The van der Waals surface area contributed by atoms with Crippen LogP contribution in [-0.4, -0.2) is 28.4 Å². The van der Waals surface area contributed by atoms with Crippen LogP contribution in [0.1, 0.15) is 19.8 Å². The number of nitrogens with zero attached hydrogens (tertiary/aromatic N) is 3. The van der Waals surface area contributed by atoms with Crippen molar-refractivity contribution >= 4 is 33.3 Å². The molecule has 0 saturated carbocycles. The number of pyridine rings is 1. The molecule has 0 aliphatic carbocycles. The fraction of sp³-hybridized carbons (Fsp3) is 0.500. The minimum absolute atomic E-state index is 0.0728. The van der Waals surface area contributed by atoms with E-state index in [0.717, 1.165) is 6.42 Å². The number of carbonyl (C=O) groups is 1. The number of hydrogen-bond acceptors (Lipinski definition) is 5. The monoisotopic (exact) mass is 342 g/mol. The minimum atomic E-state index is -0.465. The van der Waals surface area contributed by atoms with Crippen LogP contribution < -0.4 is 10.6 Å². The molecule has 2 heterocycles. The Morgan fingerprint density at radius 1 is 1.60 bits per heavy atom. The smallest absolute Gasteiger partial charge is 0.312 e. The van der Waals surface area contributed by atoms with Gasteiger partial charge in [-0.25, -0.2) is 4.98 Å². The number of rotatable bonds is 3. The Balaban J connectivity index is 2.38. The molecule has 2 unspecified atom stereocenters. The van der Waals surface area contributed by atoms with Crippen LogP contribution in [0.15, 0.2) is 16.7 Å². The second kappa shape index (κ2) is 5.74. The van der Waals surface area contributed by atoms with Gasteiger partial charge < -0.3 is 10.6 Å². The quantitative estimate of drug-likeness (QED) is 0.666. The van der Waals surface area contributed by atoms with E-state index in [9.17, 15) is 14.9 Å². The summed E-state index contributed by atoms with van der Waals surface area (Å²) in [5, 5.41) is 11.2. The van der Waals surface area contributed by atoms with E-state index >= 15 is 0 Å². The summed E-state index contributed by atoms with van der Waals surface area (Å²) in [6.45, 7) is 2.33. The Labute approximate surface area is 124 Å². The average molecular weight is 343 g/mol. The summed E-state index contributed by atoms with van der Waals surface area (Å²) in [5.74, 6) is -0.380. The van der Waals surface area contributed by atoms with Crippen LogP contribution in [0.4, 0.5) is 11.5 Å². The van der Waals surface area contributed by atoms with Crippen molar-refractivity contribution in [3.8, 4) is 0 Å². The van der Waals surface area contributed by atoms with E-state index < -0.39 is 4.92 Å². The van der Waals surface area contributed by atoms with Gasteiger partial charge in [0, 0.05) is 29.3 Å². The first-order valence-electron chi connectivity index (χ1n) is 6.26. The molecule has 0 radical (unpaired) electrons. The SMILES string of the molecule is CC1CCC(C(N)=O)CN1c1ncc(Br)cc1[N+](=O)[O-]. The molecule has 0 bridgehead atoms. The van der Waals surface area contributed by atoms with Gasteiger partial charge in [-0.3, -0.25) is 14.9 Å². The molecule has 1 aromatic rings. The van der Waals surface area contributed by atoms with E-state index in [1.807, 2.05) is 6.92 Å². The Morgan fingerprint density at radius 3 is 2.90 bits per heavy atom. The number of hydrogen-bond donors (Lipinski definition) is 1. The molecule has 20 heavy (non-hydrogen) atoms. The molecule has 7 nitrogen and oxygen atoms in total. The molecule has 1 aromatic heterocycles. The van der Waals surface area contributed by atoms with Crippen LogP contribution in [-0.2, 0) is 4.79 Å². The van der Waals surface area contributed by atoms with Gasteiger partial charge in [-0.15, -0.1) is 0 Å². The number of nitro groups is 1. The standard InChI is InChI=1S/C12H15BrN4O3/c1-7-2-3-8(11(14)18)6-16(7)12-10(17(19)20)4-9(13)5-15-12/h4-5,7-8H,2-3,6H2,1H3,(H2,14,18). The van der Waals surface area contributed by atoms with Gasteiger partial charge in [0.1, 0.15) is 0 Å². The lowest BCUT2D eigenvalue weighted by Gasteiger charge is -2.37. The van der Waals surface area contributed by atoms with E-state index in [1.165, 1.54) is 12.3 Å². The third-order valence-corrected chi connectivity index (χ3v) is 4.00. The van der Waals surface area contributed by atoms with Crippen molar-refractivity contribution < 1.29 is 9.72 Å². The number of piperidine rings is 1. The van der Waals surface area contributed by atoms with Crippen molar-refractivity contribution in [3.05, 3.63) is 26.9 Å². The van der Waals surface area contributed by atoms with Crippen LogP contribution in [0.25, 0.3) is 0 Å². The van der Waals surface area contributed by atoms with Crippen LogP contribution in [0.3, 0.4) is 0 Å². The minimum Gasteiger partial charge on any atom is -0.369 e. The van der Waals surface area contributed by atoms with Gasteiger partial charge in [0.25, 0.3) is 0 Å². The van der Waals surface area contributed by atoms with E-state index in [4.69, 9.17) is 5.73 Å². The zero-order valence-electron chi connectivity index (χ0n) is 11.0. The Bertz CT molecular complexity index is 552. The van der Waals surface area contributed by atoms with Gasteiger partial charge in [0.15, 0.2) is 0 Å². The summed E-state index contributed by atoms with van der Waals surface area (Å²) < 4.78 is 0.545. The molecule has 1 amide bonds. The van der Waals surface area contributed by atoms with Crippen molar-refractivity contribution in [1.29, 1.82) is 0 Å². The molecule has 1 saturated heterocycles. The molecule has 0 spiro atoms. The van der Waals surface area contributed by atoms with Crippen molar-refractivity contribution in [2.45, 2.75) is 25.8 Å². The zero-order chi connectivity index (χ0) is 14.9. The molecule has 8 heteroatoms. The van der Waals surface area contributed by atoms with Crippen molar-refractivity contribution in [3.63, 3.8) is 0 Å². The highest BCUT2D eigenvalue weighted by molar-refractivity contribution is 9.10. The predicted molar refractivity (Wildman–Crippen MR) is 77.3 cm³/mol. The highest BCUT2D eigenvalue weighted by Crippen LogP contribution is 2.33. The number of anilines is 1. The van der Waals surface area contributed by atoms with Crippen LogP contribution >= 0.6 is 15.9 Å². The second-order valence-electron chi connectivity index (χ2n) is 4.93. The van der Waals surface area contributed by atoms with Crippen LogP contribution in [0.5, 0.6) is 0 Å². The zero-order valence-corrected chi connectivity index (χ0v) is 12.5. The maximum absolute atomic E-state index is 11.3. The molecule has 2 rings (SSSR count). The number of aromatic nitrogens is 1. The number of nitrogens with two attached hydrogens (primary N) is 1. The number of amides is 1. The first-order chi connectivity index (χ1) is 9.40. The van der Waals surface area contributed by atoms with Crippen molar-refractivity contribution in [1.82, 2.24) is 4.98 Å². The molecule has 1 aliphatic rings. The number of carbonyl (C=O) groups excluding carboxylic acids is 1. The normalized spacial score (nSPS) is 22.6. The van der Waals surface area contributed by atoms with E-state index in [2.05, 4.69) is 20.9 Å². The van der Waals surface area contributed by atoms with Gasteiger partial charge in [-0.05, 0) is 35.7 Å². The first kappa shape index (κ1) is 14.7. The summed E-state index contributed by atoms with van der Waals surface area (Å²) in [6.07, 6.45) is 2.97. The van der Waals surface area contributed by atoms with Gasteiger partial charge in [0.2, 0.25) is 11.7 Å². The van der Waals surface area contributed by atoms with Gasteiger partial charge in [-0.2, -0.15) is 0 Å². The van der Waals surface area contributed by atoms with Gasteiger partial charge in [0.05, 0.1) is 10.8 Å². The highest BCUT2D eigenvalue weighted by Gasteiger charge is 2.33. The Kier molecular flexibility index (Phi) is 4.22. The Hall–Kier alpha value is -1.70. The molecular formula is C12H15BrN4O3. The molecule has 0 aromatic carbocycles. The largest absolute Gasteiger partial charge is 0.369 e. The third kappa shape index (κ3) is 2.90. The molecule has 2 atom stereocenters. The number of primary amides is 1. The fourth-order valence-corrected chi connectivity index (χ4v) is 2.73. The summed E-state index contributed by atoms with van der Waals surface area (Å²) in [4.78, 5) is 28.0. The third-order valence-electron chi connectivity index (χ3n) is 3.57. The lowest BCUT2D eigenvalue weighted by Crippen LogP contribution is -2.46. The van der Waals surface area contributed by atoms with E-state index in [-0.39, 0.29) is 29.4 Å². The summed E-state index contributed by atoms with van der Waals surface area (Å²) in [6, 6.07) is 1.50. The first-order valence-corrected chi connectivity index (χ1v) is 7.05. The summed E-state index contributed by atoms with van der Waals surface area (Å²) in [7, 11) is 0. The maximum atomic E-state index is 11.3. The molecule has 1 fully saturated rings. The van der Waals surface area contributed by atoms with Crippen LogP contribution in [0, 0.1) is 16.0 Å². The molecule has 108 valence electrons. The summed E-state index contributed by atoms with van der Waals surface area (Å²) >= 11 is 3.18. The van der Waals surface area contributed by atoms with Gasteiger partial charge in [-0.1, -0.05) is 0 Å².